The minimum atomic E-state index is -0.691. The molecule has 3 heterocycles. The van der Waals surface area contributed by atoms with Crippen LogP contribution in [0.1, 0.15) is 37.3 Å². The number of thiophene rings is 1. The number of hydrogen-bond donors (Lipinski definition) is 2. The Morgan fingerprint density at radius 2 is 1.83 bits per heavy atom. The summed E-state index contributed by atoms with van der Waals surface area (Å²) >= 11 is 1.65. The summed E-state index contributed by atoms with van der Waals surface area (Å²) in [7, 11) is 0. The number of carbonyl (C=O) groups excluding carboxylic acids is 2. The van der Waals surface area contributed by atoms with Gasteiger partial charge in [0.25, 0.3) is 0 Å². The molecule has 0 saturated carbocycles. The van der Waals surface area contributed by atoms with E-state index in [-0.39, 0.29) is 12.8 Å². The molecule has 2 N–H and O–H groups in total. The fraction of sp³-hybridized carbons (Fsp3) is 0.429. The first kappa shape index (κ1) is 19.7. The average molecular weight is 416 g/mol. The van der Waals surface area contributed by atoms with Crippen molar-refractivity contribution in [1.82, 2.24) is 10.2 Å². The van der Waals surface area contributed by atoms with E-state index in [1.54, 1.807) is 29.5 Å². The van der Waals surface area contributed by atoms with Crippen LogP contribution < -0.4 is 20.1 Å². The SMILES string of the molecule is O=C(NCC(c1ccsc1)N1CCCCCC1)C(=O)Nc1ccc2c(c1)OCO2. The topological polar surface area (TPSA) is 79.9 Å². The number of hydrogen-bond acceptors (Lipinski definition) is 6. The summed E-state index contributed by atoms with van der Waals surface area (Å²) in [6.07, 6.45) is 4.83. The third-order valence-electron chi connectivity index (χ3n) is 5.30. The highest BCUT2D eigenvalue weighted by molar-refractivity contribution is 7.08. The summed E-state index contributed by atoms with van der Waals surface area (Å²) in [6.45, 7) is 2.59. The van der Waals surface area contributed by atoms with Crippen LogP contribution in [0.25, 0.3) is 0 Å². The van der Waals surface area contributed by atoms with Gasteiger partial charge in [-0.15, -0.1) is 0 Å². The first-order valence-electron chi connectivity index (χ1n) is 9.96. The normalized spacial score (nSPS) is 17.4. The van der Waals surface area contributed by atoms with E-state index in [9.17, 15) is 9.59 Å². The number of likely N-dealkylation sites (tertiary alicyclic amines) is 1. The molecule has 4 rings (SSSR count). The lowest BCUT2D eigenvalue weighted by Crippen LogP contribution is -2.42. The zero-order valence-electron chi connectivity index (χ0n) is 16.2. The van der Waals surface area contributed by atoms with Gasteiger partial charge in [-0.1, -0.05) is 12.8 Å². The molecule has 29 heavy (non-hydrogen) atoms. The van der Waals surface area contributed by atoms with Crippen molar-refractivity contribution in [3.63, 3.8) is 0 Å². The van der Waals surface area contributed by atoms with Crippen molar-refractivity contribution >= 4 is 28.8 Å². The summed E-state index contributed by atoms with van der Waals surface area (Å²) in [5.41, 5.74) is 1.68. The Morgan fingerprint density at radius 3 is 2.59 bits per heavy atom. The molecule has 2 aromatic rings. The zero-order valence-corrected chi connectivity index (χ0v) is 17.0. The smallest absolute Gasteiger partial charge is 0.313 e. The van der Waals surface area contributed by atoms with Gasteiger partial charge in [0.1, 0.15) is 0 Å². The number of nitrogens with one attached hydrogen (secondary N) is 2. The van der Waals surface area contributed by atoms with Gasteiger partial charge in [-0.05, 0) is 60.5 Å². The molecule has 2 aliphatic heterocycles. The van der Waals surface area contributed by atoms with Gasteiger partial charge in [-0.2, -0.15) is 11.3 Å². The van der Waals surface area contributed by atoms with Crippen LogP contribution in [0, 0.1) is 0 Å². The summed E-state index contributed by atoms with van der Waals surface area (Å²) in [5.74, 6) is -0.146. The predicted molar refractivity (Wildman–Crippen MR) is 111 cm³/mol. The molecule has 0 bridgehead atoms. The molecule has 154 valence electrons. The van der Waals surface area contributed by atoms with Gasteiger partial charge < -0.3 is 20.1 Å². The van der Waals surface area contributed by atoms with Gasteiger partial charge in [0.2, 0.25) is 6.79 Å². The van der Waals surface area contributed by atoms with E-state index in [1.165, 1.54) is 31.2 Å². The second-order valence-corrected chi connectivity index (χ2v) is 8.03. The van der Waals surface area contributed by atoms with Crippen LogP contribution in [0.4, 0.5) is 5.69 Å². The van der Waals surface area contributed by atoms with E-state index in [0.717, 1.165) is 13.1 Å². The average Bonchev–Trinajstić information content (AvgIpc) is 3.35. The van der Waals surface area contributed by atoms with Crippen LogP contribution in [0.2, 0.25) is 0 Å². The number of anilines is 1. The fourth-order valence-corrected chi connectivity index (χ4v) is 4.47. The summed E-state index contributed by atoms with van der Waals surface area (Å²) in [6, 6.07) is 7.23. The van der Waals surface area contributed by atoms with Crippen LogP contribution in [0.5, 0.6) is 11.5 Å². The number of benzene rings is 1. The minimum Gasteiger partial charge on any atom is -0.454 e. The standard InChI is InChI=1S/C21H25N3O4S/c25-20(21(26)23-16-5-6-18-19(11-16)28-14-27-18)22-12-17(15-7-10-29-13-15)24-8-3-1-2-4-9-24/h5-7,10-11,13,17H,1-4,8-9,12,14H2,(H,22,25)(H,23,26). The lowest BCUT2D eigenvalue weighted by Gasteiger charge is -2.30. The molecule has 8 heteroatoms. The van der Waals surface area contributed by atoms with Crippen molar-refractivity contribution in [2.45, 2.75) is 31.7 Å². The van der Waals surface area contributed by atoms with Crippen molar-refractivity contribution in [1.29, 1.82) is 0 Å². The predicted octanol–water partition coefficient (Wildman–Crippen LogP) is 3.15. The first-order chi connectivity index (χ1) is 14.2. The lowest BCUT2D eigenvalue weighted by atomic mass is 10.1. The first-order valence-corrected chi connectivity index (χ1v) is 10.9. The molecule has 7 nitrogen and oxygen atoms in total. The van der Waals surface area contributed by atoms with Crippen LogP contribution >= 0.6 is 11.3 Å². The number of amides is 2. The second-order valence-electron chi connectivity index (χ2n) is 7.25. The molecule has 1 unspecified atom stereocenters. The second kappa shape index (κ2) is 9.28. The van der Waals surface area contributed by atoms with Crippen LogP contribution in [0.3, 0.4) is 0 Å². The van der Waals surface area contributed by atoms with E-state index >= 15 is 0 Å². The Bertz CT molecular complexity index is 848. The zero-order chi connectivity index (χ0) is 20.1. The number of ether oxygens (including phenoxy) is 2. The maximum absolute atomic E-state index is 12.4. The summed E-state index contributed by atoms with van der Waals surface area (Å²) in [5, 5.41) is 9.61. The Balaban J connectivity index is 1.36. The summed E-state index contributed by atoms with van der Waals surface area (Å²) in [4.78, 5) is 27.2. The van der Waals surface area contributed by atoms with Crippen molar-refractivity contribution in [3.05, 3.63) is 40.6 Å². The number of fused-ring (bicyclic) bond motifs is 1. The molecular weight excluding hydrogens is 390 g/mol. The van der Waals surface area contributed by atoms with E-state index in [0.29, 0.717) is 23.7 Å². The number of carbonyl (C=O) groups is 2. The molecule has 1 fully saturated rings. The van der Waals surface area contributed by atoms with Gasteiger partial charge >= 0.3 is 11.8 Å². The maximum atomic E-state index is 12.4. The van der Waals surface area contributed by atoms with Crippen molar-refractivity contribution < 1.29 is 19.1 Å². The van der Waals surface area contributed by atoms with Gasteiger partial charge in [-0.25, -0.2) is 0 Å². The fourth-order valence-electron chi connectivity index (χ4n) is 3.76. The van der Waals surface area contributed by atoms with Crippen molar-refractivity contribution in [2.24, 2.45) is 0 Å². The molecule has 2 amide bonds. The Hall–Kier alpha value is -2.58. The van der Waals surface area contributed by atoms with Crippen LogP contribution in [-0.4, -0.2) is 43.1 Å². The third-order valence-corrected chi connectivity index (χ3v) is 6.00. The van der Waals surface area contributed by atoms with Gasteiger partial charge in [0.05, 0.1) is 6.04 Å². The number of rotatable bonds is 5. The van der Waals surface area contributed by atoms with Gasteiger partial charge in [0, 0.05) is 18.3 Å². The molecule has 1 aromatic heterocycles. The van der Waals surface area contributed by atoms with E-state index in [1.807, 2.05) is 5.38 Å². The highest BCUT2D eigenvalue weighted by atomic mass is 32.1. The van der Waals surface area contributed by atoms with Gasteiger partial charge in [0.15, 0.2) is 11.5 Å². The highest BCUT2D eigenvalue weighted by Gasteiger charge is 2.24. The third kappa shape index (κ3) is 4.89. The van der Waals surface area contributed by atoms with Gasteiger partial charge in [-0.3, -0.25) is 14.5 Å². The quantitative estimate of drug-likeness (QED) is 0.734. The van der Waals surface area contributed by atoms with E-state index < -0.39 is 11.8 Å². The van der Waals surface area contributed by atoms with E-state index in [4.69, 9.17) is 9.47 Å². The Labute approximate surface area is 174 Å². The summed E-state index contributed by atoms with van der Waals surface area (Å²) < 4.78 is 10.6. The van der Waals surface area contributed by atoms with Crippen molar-refractivity contribution in [3.8, 4) is 11.5 Å². The molecule has 1 atom stereocenters. The van der Waals surface area contributed by atoms with Crippen LogP contribution in [-0.2, 0) is 9.59 Å². The van der Waals surface area contributed by atoms with Crippen molar-refractivity contribution in [2.75, 3.05) is 31.7 Å². The largest absolute Gasteiger partial charge is 0.454 e. The maximum Gasteiger partial charge on any atom is 0.313 e. The highest BCUT2D eigenvalue weighted by Crippen LogP contribution is 2.34. The Morgan fingerprint density at radius 1 is 1.03 bits per heavy atom. The molecule has 0 spiro atoms. The molecule has 2 aliphatic rings. The molecule has 1 saturated heterocycles. The van der Waals surface area contributed by atoms with Crippen LogP contribution in [0.15, 0.2) is 35.0 Å². The molecule has 1 aromatic carbocycles. The van der Waals surface area contributed by atoms with E-state index in [2.05, 4.69) is 27.0 Å². The monoisotopic (exact) mass is 415 g/mol. The molecular formula is C21H25N3O4S. The molecule has 0 radical (unpaired) electrons. The Kier molecular flexibility index (Phi) is 6.31. The lowest BCUT2D eigenvalue weighted by molar-refractivity contribution is -0.136. The number of nitrogens with zero attached hydrogens (tertiary/aromatic N) is 1. The minimum absolute atomic E-state index is 0.0849. The molecule has 0 aliphatic carbocycles.